The number of esters is 1. The average molecular weight is 434 g/mol. The van der Waals surface area contributed by atoms with E-state index in [9.17, 15) is 9.59 Å². The number of ether oxygens (including phenoxy) is 3. The summed E-state index contributed by atoms with van der Waals surface area (Å²) in [6.07, 6.45) is 5.07. The lowest BCUT2D eigenvalue weighted by molar-refractivity contribution is -0.145. The highest BCUT2D eigenvalue weighted by Crippen LogP contribution is 2.28. The minimum absolute atomic E-state index is 0.0485. The topological polar surface area (TPSA) is 92.8 Å². The summed E-state index contributed by atoms with van der Waals surface area (Å²) in [5.41, 5.74) is 1.66. The normalized spacial score (nSPS) is 10.8. The Kier molecular flexibility index (Phi) is 6.21. The third kappa shape index (κ3) is 4.49. The Balaban J connectivity index is 1.60. The van der Waals surface area contributed by atoms with Crippen LogP contribution in [0.4, 0.5) is 0 Å². The number of hydrogen-bond acceptors (Lipinski definition) is 7. The van der Waals surface area contributed by atoms with Crippen molar-refractivity contribution in [3.8, 4) is 22.9 Å². The maximum absolute atomic E-state index is 13.0. The van der Waals surface area contributed by atoms with Gasteiger partial charge in [-0.1, -0.05) is 25.1 Å². The number of fused-ring (bicyclic) bond motifs is 1. The summed E-state index contributed by atoms with van der Waals surface area (Å²) in [4.78, 5) is 24.6. The number of aryl methyl sites for hydroxylation is 1. The van der Waals surface area contributed by atoms with Gasteiger partial charge in [0.25, 0.3) is 0 Å². The molecule has 4 rings (SSSR count). The zero-order valence-electron chi connectivity index (χ0n) is 17.7. The molecule has 8 heteroatoms. The molecule has 2 aromatic heterocycles. The van der Waals surface area contributed by atoms with E-state index in [1.165, 1.54) is 12.5 Å². The number of hydrogen-bond donors (Lipinski definition) is 0. The number of rotatable bonds is 8. The molecule has 0 N–H and O–H groups in total. The zero-order chi connectivity index (χ0) is 22.5. The van der Waals surface area contributed by atoms with E-state index in [2.05, 4.69) is 5.10 Å². The van der Waals surface area contributed by atoms with Crippen molar-refractivity contribution in [2.24, 2.45) is 0 Å². The molecule has 2 aromatic carbocycles. The van der Waals surface area contributed by atoms with Gasteiger partial charge in [-0.05, 0) is 37.1 Å². The van der Waals surface area contributed by atoms with Gasteiger partial charge in [-0.3, -0.25) is 4.79 Å². The second kappa shape index (κ2) is 9.38. The van der Waals surface area contributed by atoms with Crippen LogP contribution in [0.5, 0.6) is 17.2 Å². The Bertz CT molecular complexity index is 1290. The molecular formula is C24H22N2O6. The quantitative estimate of drug-likeness (QED) is 0.382. The van der Waals surface area contributed by atoms with Gasteiger partial charge in [-0.15, -0.1) is 0 Å². The van der Waals surface area contributed by atoms with E-state index in [4.69, 9.17) is 18.6 Å². The molecule has 0 radical (unpaired) electrons. The van der Waals surface area contributed by atoms with Crippen molar-refractivity contribution in [2.75, 3.05) is 13.2 Å². The van der Waals surface area contributed by atoms with Gasteiger partial charge in [0, 0.05) is 6.07 Å². The third-order valence-corrected chi connectivity index (χ3v) is 4.76. The Morgan fingerprint density at radius 2 is 1.94 bits per heavy atom. The number of nitrogens with zero attached hydrogens (tertiary/aromatic N) is 2. The standard InChI is InChI=1S/C24H22N2O6/c1-3-16-10-19-21(11-20(16)31-15-23(27)29-4-2)30-14-22(24(19)28)32-18-12-25-26(13-18)17-8-6-5-7-9-17/h5-14H,3-4,15H2,1-2H3. The Hall–Kier alpha value is -4.07. The van der Waals surface area contributed by atoms with Gasteiger partial charge in [0.05, 0.1) is 30.1 Å². The van der Waals surface area contributed by atoms with Crippen LogP contribution in [0.15, 0.2) is 70.3 Å². The molecule has 4 aromatic rings. The molecule has 164 valence electrons. The summed E-state index contributed by atoms with van der Waals surface area (Å²) >= 11 is 0. The molecule has 0 aliphatic heterocycles. The molecule has 0 bridgehead atoms. The predicted molar refractivity (Wildman–Crippen MR) is 118 cm³/mol. The van der Waals surface area contributed by atoms with Crippen LogP contribution in [-0.2, 0) is 16.0 Å². The summed E-state index contributed by atoms with van der Waals surface area (Å²) in [5, 5.41) is 4.63. The highest BCUT2D eigenvalue weighted by atomic mass is 16.6. The van der Waals surface area contributed by atoms with Crippen molar-refractivity contribution in [1.29, 1.82) is 0 Å². The first kappa shape index (κ1) is 21.2. The van der Waals surface area contributed by atoms with Gasteiger partial charge < -0.3 is 18.6 Å². The van der Waals surface area contributed by atoms with Crippen molar-refractivity contribution in [1.82, 2.24) is 9.78 Å². The van der Waals surface area contributed by atoms with E-state index < -0.39 is 5.97 Å². The number of benzene rings is 2. The fraction of sp³-hybridized carbons (Fsp3) is 0.208. The second-order valence-corrected chi connectivity index (χ2v) is 6.89. The van der Waals surface area contributed by atoms with Gasteiger partial charge in [0.1, 0.15) is 17.6 Å². The lowest BCUT2D eigenvalue weighted by atomic mass is 10.1. The van der Waals surface area contributed by atoms with Gasteiger partial charge in [-0.25, -0.2) is 9.48 Å². The first-order valence-electron chi connectivity index (χ1n) is 10.2. The molecular weight excluding hydrogens is 412 g/mol. The molecule has 0 amide bonds. The number of aromatic nitrogens is 2. The van der Waals surface area contributed by atoms with E-state index in [1.807, 2.05) is 37.3 Å². The lowest BCUT2D eigenvalue weighted by Crippen LogP contribution is -2.15. The van der Waals surface area contributed by atoms with Gasteiger partial charge in [0.2, 0.25) is 11.2 Å². The molecule has 2 heterocycles. The van der Waals surface area contributed by atoms with Gasteiger partial charge in [-0.2, -0.15) is 5.10 Å². The van der Waals surface area contributed by atoms with Crippen LogP contribution in [0.3, 0.4) is 0 Å². The van der Waals surface area contributed by atoms with E-state index in [-0.39, 0.29) is 24.4 Å². The molecule has 8 nitrogen and oxygen atoms in total. The predicted octanol–water partition coefficient (Wildman–Crippen LogP) is 4.28. The van der Waals surface area contributed by atoms with E-state index in [0.29, 0.717) is 28.9 Å². The Labute approximate surface area is 183 Å². The summed E-state index contributed by atoms with van der Waals surface area (Å²) in [5.74, 6) is 0.461. The average Bonchev–Trinajstić information content (AvgIpc) is 3.28. The lowest BCUT2D eigenvalue weighted by Gasteiger charge is -2.11. The molecule has 0 aliphatic carbocycles. The fourth-order valence-corrected chi connectivity index (χ4v) is 3.21. The third-order valence-electron chi connectivity index (χ3n) is 4.76. The van der Waals surface area contributed by atoms with Gasteiger partial charge in [0.15, 0.2) is 12.4 Å². The van der Waals surface area contributed by atoms with Gasteiger partial charge >= 0.3 is 5.97 Å². The molecule has 0 saturated heterocycles. The second-order valence-electron chi connectivity index (χ2n) is 6.89. The molecule has 0 unspecified atom stereocenters. The van der Waals surface area contributed by atoms with Crippen LogP contribution >= 0.6 is 0 Å². The monoisotopic (exact) mass is 434 g/mol. The van der Waals surface area contributed by atoms with Crippen LogP contribution in [0, 0.1) is 0 Å². The molecule has 0 fully saturated rings. The zero-order valence-corrected chi connectivity index (χ0v) is 17.7. The fourth-order valence-electron chi connectivity index (χ4n) is 3.21. The number of carbonyl (C=O) groups is 1. The van der Waals surface area contributed by atoms with Crippen LogP contribution in [0.25, 0.3) is 16.7 Å². The van der Waals surface area contributed by atoms with Crippen LogP contribution < -0.4 is 14.9 Å². The summed E-state index contributed by atoms with van der Waals surface area (Å²) in [6.45, 7) is 3.72. The van der Waals surface area contributed by atoms with Crippen molar-refractivity contribution < 1.29 is 23.4 Å². The van der Waals surface area contributed by atoms with Crippen molar-refractivity contribution in [3.05, 3.63) is 76.9 Å². The molecule has 0 saturated carbocycles. The smallest absolute Gasteiger partial charge is 0.344 e. The van der Waals surface area contributed by atoms with E-state index in [0.717, 1.165) is 11.3 Å². The number of carbonyl (C=O) groups excluding carboxylic acids is 1. The molecule has 32 heavy (non-hydrogen) atoms. The van der Waals surface area contributed by atoms with Crippen molar-refractivity contribution in [3.63, 3.8) is 0 Å². The van der Waals surface area contributed by atoms with Crippen LogP contribution in [0.2, 0.25) is 0 Å². The molecule has 0 spiro atoms. The first-order chi connectivity index (χ1) is 15.6. The minimum Gasteiger partial charge on any atom is -0.481 e. The Morgan fingerprint density at radius 3 is 2.69 bits per heavy atom. The van der Waals surface area contributed by atoms with Crippen molar-refractivity contribution >= 4 is 16.9 Å². The maximum Gasteiger partial charge on any atom is 0.344 e. The van der Waals surface area contributed by atoms with E-state index in [1.54, 1.807) is 29.9 Å². The Morgan fingerprint density at radius 1 is 1.12 bits per heavy atom. The van der Waals surface area contributed by atoms with Crippen LogP contribution in [-0.4, -0.2) is 29.0 Å². The minimum atomic E-state index is -0.462. The largest absolute Gasteiger partial charge is 0.481 e. The maximum atomic E-state index is 13.0. The summed E-state index contributed by atoms with van der Waals surface area (Å²) in [7, 11) is 0. The highest BCUT2D eigenvalue weighted by Gasteiger charge is 2.15. The first-order valence-corrected chi connectivity index (χ1v) is 10.2. The van der Waals surface area contributed by atoms with Crippen LogP contribution in [0.1, 0.15) is 19.4 Å². The highest BCUT2D eigenvalue weighted by molar-refractivity contribution is 5.81. The SMILES string of the molecule is CCOC(=O)COc1cc2occ(Oc3cnn(-c4ccccc4)c3)c(=O)c2cc1CC. The van der Waals surface area contributed by atoms with E-state index >= 15 is 0 Å². The summed E-state index contributed by atoms with van der Waals surface area (Å²) < 4.78 is 23.5. The number of para-hydroxylation sites is 1. The molecule has 0 atom stereocenters. The summed E-state index contributed by atoms with van der Waals surface area (Å²) in [6, 6.07) is 12.9. The molecule has 0 aliphatic rings. The van der Waals surface area contributed by atoms with Crippen molar-refractivity contribution in [2.45, 2.75) is 20.3 Å².